The molecule has 0 aliphatic carbocycles. The molecular weight excluding hydrogens is 328 g/mol. The number of amides is 2. The standard InChI is InChI=1S/C19H28N6O/c1-2-3-12-24-13-5-4-8-16(24)15-21-19(26)23-17-9-6-10-20-18(17)25-14-7-11-22-25/h6-7,9-11,14,16H,2-5,8,12-13,15H2,1H3,(H2,21,23,26). The topological polar surface area (TPSA) is 75.1 Å². The molecule has 26 heavy (non-hydrogen) atoms. The van der Waals surface area contributed by atoms with E-state index in [4.69, 9.17) is 0 Å². The van der Waals surface area contributed by atoms with Crippen LogP contribution in [-0.2, 0) is 0 Å². The van der Waals surface area contributed by atoms with Crippen molar-refractivity contribution in [3.63, 3.8) is 0 Å². The first-order valence-corrected chi connectivity index (χ1v) is 9.52. The molecule has 1 aliphatic heterocycles. The lowest BCUT2D eigenvalue weighted by molar-refractivity contribution is 0.145. The quantitative estimate of drug-likeness (QED) is 0.799. The summed E-state index contributed by atoms with van der Waals surface area (Å²) in [5.41, 5.74) is 0.639. The SMILES string of the molecule is CCCCN1CCCCC1CNC(=O)Nc1cccnc1-n1cccn1. The normalized spacial score (nSPS) is 17.8. The molecule has 0 saturated carbocycles. The lowest BCUT2D eigenvalue weighted by Crippen LogP contribution is -2.47. The third-order valence-electron chi connectivity index (χ3n) is 4.80. The van der Waals surface area contributed by atoms with Crippen molar-refractivity contribution in [2.75, 3.05) is 25.0 Å². The number of hydrogen-bond acceptors (Lipinski definition) is 4. The largest absolute Gasteiger partial charge is 0.336 e. The van der Waals surface area contributed by atoms with Gasteiger partial charge in [-0.05, 0) is 50.6 Å². The zero-order valence-corrected chi connectivity index (χ0v) is 15.4. The molecule has 1 unspecified atom stereocenters. The molecule has 1 fully saturated rings. The van der Waals surface area contributed by atoms with Gasteiger partial charge in [0.1, 0.15) is 0 Å². The molecule has 2 N–H and O–H groups in total. The average Bonchev–Trinajstić information content (AvgIpc) is 3.20. The third kappa shape index (κ3) is 4.82. The highest BCUT2D eigenvalue weighted by Gasteiger charge is 2.22. The van der Waals surface area contributed by atoms with E-state index in [1.165, 1.54) is 25.7 Å². The maximum absolute atomic E-state index is 12.4. The van der Waals surface area contributed by atoms with Crippen LogP contribution in [-0.4, -0.2) is 51.4 Å². The van der Waals surface area contributed by atoms with E-state index in [9.17, 15) is 4.79 Å². The van der Waals surface area contributed by atoms with Crippen LogP contribution in [0.3, 0.4) is 0 Å². The molecule has 0 bridgehead atoms. The molecule has 0 radical (unpaired) electrons. The zero-order chi connectivity index (χ0) is 18.2. The summed E-state index contributed by atoms with van der Waals surface area (Å²) in [6, 6.07) is 5.69. The predicted molar refractivity (Wildman–Crippen MR) is 103 cm³/mol. The molecule has 140 valence electrons. The smallest absolute Gasteiger partial charge is 0.319 e. The number of likely N-dealkylation sites (tertiary alicyclic amines) is 1. The zero-order valence-electron chi connectivity index (χ0n) is 15.4. The number of nitrogens with one attached hydrogen (secondary N) is 2. The maximum Gasteiger partial charge on any atom is 0.319 e. The van der Waals surface area contributed by atoms with Crippen molar-refractivity contribution in [1.82, 2.24) is 25.0 Å². The number of anilines is 1. The van der Waals surface area contributed by atoms with E-state index in [1.807, 2.05) is 12.1 Å². The fourth-order valence-electron chi connectivity index (χ4n) is 3.39. The van der Waals surface area contributed by atoms with Crippen LogP contribution in [0.25, 0.3) is 5.82 Å². The Morgan fingerprint density at radius 1 is 1.31 bits per heavy atom. The van der Waals surface area contributed by atoms with Gasteiger partial charge in [-0.1, -0.05) is 19.8 Å². The molecule has 1 aliphatic rings. The highest BCUT2D eigenvalue weighted by molar-refractivity contribution is 5.90. The fourth-order valence-corrected chi connectivity index (χ4v) is 3.39. The van der Waals surface area contributed by atoms with Crippen molar-refractivity contribution < 1.29 is 4.79 Å². The molecule has 3 heterocycles. The van der Waals surface area contributed by atoms with Gasteiger partial charge in [0, 0.05) is 31.2 Å². The van der Waals surface area contributed by atoms with Crippen LogP contribution in [0.1, 0.15) is 39.0 Å². The number of carbonyl (C=O) groups excluding carboxylic acids is 1. The van der Waals surface area contributed by atoms with E-state index in [0.29, 0.717) is 24.1 Å². The van der Waals surface area contributed by atoms with Gasteiger partial charge in [0.05, 0.1) is 5.69 Å². The van der Waals surface area contributed by atoms with Crippen LogP contribution >= 0.6 is 0 Å². The summed E-state index contributed by atoms with van der Waals surface area (Å²) < 4.78 is 1.64. The second-order valence-electron chi connectivity index (χ2n) is 6.70. The van der Waals surface area contributed by atoms with Crippen molar-refractivity contribution in [1.29, 1.82) is 0 Å². The van der Waals surface area contributed by atoms with Gasteiger partial charge in [0.15, 0.2) is 5.82 Å². The number of aromatic nitrogens is 3. The minimum absolute atomic E-state index is 0.201. The second kappa shape index (κ2) is 9.33. The van der Waals surface area contributed by atoms with Crippen LogP contribution in [0.5, 0.6) is 0 Å². The van der Waals surface area contributed by atoms with Crippen LogP contribution < -0.4 is 10.6 Å². The van der Waals surface area contributed by atoms with Crippen molar-refractivity contribution in [3.8, 4) is 5.82 Å². The molecule has 1 saturated heterocycles. The molecule has 7 nitrogen and oxygen atoms in total. The van der Waals surface area contributed by atoms with Gasteiger partial charge < -0.3 is 10.6 Å². The van der Waals surface area contributed by atoms with E-state index in [2.05, 4.69) is 32.5 Å². The summed E-state index contributed by atoms with van der Waals surface area (Å²) in [6.07, 6.45) is 11.2. The average molecular weight is 356 g/mol. The maximum atomic E-state index is 12.4. The van der Waals surface area contributed by atoms with Crippen LogP contribution in [0.2, 0.25) is 0 Å². The van der Waals surface area contributed by atoms with E-state index in [-0.39, 0.29) is 6.03 Å². The monoisotopic (exact) mass is 356 g/mol. The third-order valence-corrected chi connectivity index (χ3v) is 4.80. The Labute approximate surface area is 154 Å². The molecule has 0 aromatic carbocycles. The highest BCUT2D eigenvalue weighted by atomic mass is 16.2. The number of nitrogens with zero attached hydrogens (tertiary/aromatic N) is 4. The van der Waals surface area contributed by atoms with Crippen molar-refractivity contribution in [2.45, 2.75) is 45.1 Å². The van der Waals surface area contributed by atoms with Gasteiger partial charge in [-0.15, -0.1) is 0 Å². The van der Waals surface area contributed by atoms with E-state index in [0.717, 1.165) is 19.5 Å². The minimum atomic E-state index is -0.201. The predicted octanol–water partition coefficient (Wildman–Crippen LogP) is 3.04. The molecule has 7 heteroatoms. The molecule has 2 aromatic heterocycles. The van der Waals surface area contributed by atoms with E-state index in [1.54, 1.807) is 29.3 Å². The first kappa shape index (κ1) is 18.4. The summed E-state index contributed by atoms with van der Waals surface area (Å²) in [5.74, 6) is 0.606. The summed E-state index contributed by atoms with van der Waals surface area (Å²) in [5, 5.41) is 10.1. The molecule has 2 aromatic rings. The Balaban J connectivity index is 1.56. The number of pyridine rings is 1. The fraction of sp³-hybridized carbons (Fsp3) is 0.526. The number of carbonyl (C=O) groups is 1. The Kier molecular flexibility index (Phi) is 6.60. The lowest BCUT2D eigenvalue weighted by atomic mass is 10.0. The second-order valence-corrected chi connectivity index (χ2v) is 6.70. The van der Waals surface area contributed by atoms with Gasteiger partial charge in [-0.25, -0.2) is 14.5 Å². The molecule has 0 spiro atoms. The summed E-state index contributed by atoms with van der Waals surface area (Å²) in [6.45, 7) is 5.15. The summed E-state index contributed by atoms with van der Waals surface area (Å²) >= 11 is 0. The van der Waals surface area contributed by atoms with E-state index < -0.39 is 0 Å². The van der Waals surface area contributed by atoms with E-state index >= 15 is 0 Å². The lowest BCUT2D eigenvalue weighted by Gasteiger charge is -2.35. The van der Waals surface area contributed by atoms with Crippen LogP contribution in [0, 0.1) is 0 Å². The van der Waals surface area contributed by atoms with Gasteiger partial charge in [-0.3, -0.25) is 4.90 Å². The number of rotatable bonds is 7. The van der Waals surface area contributed by atoms with Gasteiger partial charge in [0.2, 0.25) is 0 Å². The summed E-state index contributed by atoms with van der Waals surface area (Å²) in [7, 11) is 0. The molecule has 1 atom stereocenters. The van der Waals surface area contributed by atoms with Gasteiger partial charge >= 0.3 is 6.03 Å². The Morgan fingerprint density at radius 3 is 3.04 bits per heavy atom. The number of piperidine rings is 1. The number of hydrogen-bond donors (Lipinski definition) is 2. The molecule has 2 amide bonds. The van der Waals surface area contributed by atoms with Crippen molar-refractivity contribution in [2.24, 2.45) is 0 Å². The Bertz CT molecular complexity index is 687. The van der Waals surface area contributed by atoms with Crippen LogP contribution in [0.15, 0.2) is 36.8 Å². The van der Waals surface area contributed by atoms with Crippen molar-refractivity contribution >= 4 is 11.7 Å². The Hall–Kier alpha value is -2.41. The number of urea groups is 1. The first-order valence-electron chi connectivity index (χ1n) is 9.52. The van der Waals surface area contributed by atoms with Crippen LogP contribution in [0.4, 0.5) is 10.5 Å². The first-order chi connectivity index (χ1) is 12.8. The van der Waals surface area contributed by atoms with Gasteiger partial charge in [-0.2, -0.15) is 5.10 Å². The van der Waals surface area contributed by atoms with Crippen molar-refractivity contribution in [3.05, 3.63) is 36.8 Å². The Morgan fingerprint density at radius 2 is 2.23 bits per heavy atom. The summed E-state index contributed by atoms with van der Waals surface area (Å²) in [4.78, 5) is 19.2. The molecule has 3 rings (SSSR count). The number of unbranched alkanes of at least 4 members (excludes halogenated alkanes) is 1. The minimum Gasteiger partial charge on any atom is -0.336 e. The molecular formula is C19H28N6O. The van der Waals surface area contributed by atoms with Gasteiger partial charge in [0.25, 0.3) is 0 Å². The highest BCUT2D eigenvalue weighted by Crippen LogP contribution is 2.18.